The second kappa shape index (κ2) is 7.32. The smallest absolute Gasteiger partial charge is 0.332 e. The Bertz CT molecular complexity index is 178. The molecule has 0 bridgehead atoms. The minimum Gasteiger partial charge on any atom is -0.479 e. The van der Waals surface area contributed by atoms with Gasteiger partial charge >= 0.3 is 11.9 Å². The topological polar surface area (TPSA) is 83.8 Å². The highest BCUT2D eigenvalue weighted by molar-refractivity contribution is 5.71. The summed E-state index contributed by atoms with van der Waals surface area (Å²) in [5, 5.41) is 15.8. The molecule has 1 atom stereocenters. The molecule has 1 rings (SSSR count). The first-order valence-corrected chi connectivity index (χ1v) is 4.60. The van der Waals surface area contributed by atoms with Gasteiger partial charge in [-0.15, -0.1) is 0 Å². The molecule has 82 valence electrons. The van der Waals surface area contributed by atoms with Gasteiger partial charge in [0.05, 0.1) is 6.61 Å². The number of rotatable bonds is 1. The van der Waals surface area contributed by atoms with Crippen molar-refractivity contribution in [1.29, 1.82) is 0 Å². The molecule has 0 aromatic rings. The SMILES string of the molecule is C[C@H](O)C(=O)O.O=C1CCCCCO1. The van der Waals surface area contributed by atoms with Gasteiger partial charge in [-0.1, -0.05) is 0 Å². The second-order valence-electron chi connectivity index (χ2n) is 3.05. The fourth-order valence-electron chi connectivity index (χ4n) is 0.806. The van der Waals surface area contributed by atoms with Gasteiger partial charge in [-0.05, 0) is 26.2 Å². The Hall–Kier alpha value is -1.10. The van der Waals surface area contributed by atoms with Gasteiger partial charge in [0, 0.05) is 6.42 Å². The lowest BCUT2D eigenvalue weighted by atomic mass is 10.2. The van der Waals surface area contributed by atoms with E-state index in [9.17, 15) is 9.59 Å². The van der Waals surface area contributed by atoms with Crippen molar-refractivity contribution in [3.8, 4) is 0 Å². The van der Waals surface area contributed by atoms with Gasteiger partial charge in [0.25, 0.3) is 0 Å². The van der Waals surface area contributed by atoms with E-state index in [-0.39, 0.29) is 5.97 Å². The van der Waals surface area contributed by atoms with Crippen LogP contribution in [-0.2, 0) is 14.3 Å². The first kappa shape index (κ1) is 12.9. The number of carbonyl (C=O) groups is 2. The molecular weight excluding hydrogens is 188 g/mol. The first-order valence-electron chi connectivity index (χ1n) is 4.60. The van der Waals surface area contributed by atoms with E-state index in [1.807, 2.05) is 0 Å². The molecule has 1 aliphatic heterocycles. The number of aliphatic hydroxyl groups excluding tert-OH is 1. The molecule has 0 aromatic carbocycles. The predicted molar refractivity (Wildman–Crippen MR) is 48.7 cm³/mol. The van der Waals surface area contributed by atoms with Gasteiger partial charge in [0.1, 0.15) is 6.10 Å². The Balaban J connectivity index is 0.000000255. The molecule has 0 unspecified atom stereocenters. The van der Waals surface area contributed by atoms with Crippen molar-refractivity contribution in [2.45, 2.75) is 38.7 Å². The Kier molecular flexibility index (Phi) is 6.74. The highest BCUT2D eigenvalue weighted by atomic mass is 16.5. The Morgan fingerprint density at radius 3 is 2.50 bits per heavy atom. The molecule has 2 N–H and O–H groups in total. The zero-order chi connectivity index (χ0) is 11.0. The van der Waals surface area contributed by atoms with Crippen LogP contribution < -0.4 is 0 Å². The summed E-state index contributed by atoms with van der Waals surface area (Å²) in [4.78, 5) is 19.9. The third-order valence-electron chi connectivity index (χ3n) is 1.65. The Morgan fingerprint density at radius 1 is 1.43 bits per heavy atom. The van der Waals surface area contributed by atoms with Crippen molar-refractivity contribution >= 4 is 11.9 Å². The van der Waals surface area contributed by atoms with Crippen molar-refractivity contribution in [3.05, 3.63) is 0 Å². The van der Waals surface area contributed by atoms with Crippen LogP contribution in [0.3, 0.4) is 0 Å². The average molecular weight is 204 g/mol. The summed E-state index contributed by atoms with van der Waals surface area (Å²) in [5.74, 6) is -1.21. The van der Waals surface area contributed by atoms with Crippen molar-refractivity contribution in [1.82, 2.24) is 0 Å². The van der Waals surface area contributed by atoms with E-state index in [2.05, 4.69) is 0 Å². The number of esters is 1. The van der Waals surface area contributed by atoms with Gasteiger partial charge in [-0.2, -0.15) is 0 Å². The Morgan fingerprint density at radius 2 is 2.00 bits per heavy atom. The summed E-state index contributed by atoms with van der Waals surface area (Å²) in [6, 6.07) is 0. The summed E-state index contributed by atoms with van der Waals surface area (Å²) in [5.41, 5.74) is 0. The monoisotopic (exact) mass is 204 g/mol. The molecule has 0 saturated carbocycles. The maximum atomic E-state index is 10.5. The van der Waals surface area contributed by atoms with Crippen molar-refractivity contribution in [3.63, 3.8) is 0 Å². The zero-order valence-corrected chi connectivity index (χ0v) is 8.23. The summed E-state index contributed by atoms with van der Waals surface area (Å²) in [6.07, 6.45) is 2.60. The van der Waals surface area contributed by atoms with E-state index in [0.717, 1.165) is 19.3 Å². The zero-order valence-electron chi connectivity index (χ0n) is 8.23. The quantitative estimate of drug-likeness (QED) is 0.609. The molecule has 14 heavy (non-hydrogen) atoms. The minimum atomic E-state index is -1.23. The standard InChI is InChI=1S/C6H10O2.C3H6O3/c7-6-4-2-1-3-5-8-6;1-2(4)3(5)6/h1-5H2;2,4H,1H3,(H,5,6)/t;2-/m.0/s1. The number of hydrogen-bond acceptors (Lipinski definition) is 4. The molecule has 1 heterocycles. The number of cyclic esters (lactones) is 1. The van der Waals surface area contributed by atoms with E-state index in [1.54, 1.807) is 0 Å². The fourth-order valence-corrected chi connectivity index (χ4v) is 0.806. The van der Waals surface area contributed by atoms with Crippen LogP contribution in [0, 0.1) is 0 Å². The highest BCUT2D eigenvalue weighted by Gasteiger charge is 2.05. The number of hydrogen-bond donors (Lipinski definition) is 2. The second-order valence-corrected chi connectivity index (χ2v) is 3.05. The summed E-state index contributed by atoms with van der Waals surface area (Å²) in [6.45, 7) is 1.83. The third-order valence-corrected chi connectivity index (χ3v) is 1.65. The first-order chi connectivity index (χ1) is 6.54. The fraction of sp³-hybridized carbons (Fsp3) is 0.778. The van der Waals surface area contributed by atoms with Crippen LogP contribution in [0.5, 0.6) is 0 Å². The van der Waals surface area contributed by atoms with E-state index < -0.39 is 12.1 Å². The lowest BCUT2D eigenvalue weighted by Gasteiger charge is -1.93. The molecule has 0 aromatic heterocycles. The summed E-state index contributed by atoms with van der Waals surface area (Å²) in [7, 11) is 0. The van der Waals surface area contributed by atoms with Crippen molar-refractivity contribution < 1.29 is 24.5 Å². The molecular formula is C9H16O5. The van der Waals surface area contributed by atoms with Crippen LogP contribution in [0.4, 0.5) is 0 Å². The molecule has 0 spiro atoms. The van der Waals surface area contributed by atoms with Crippen LogP contribution in [0.25, 0.3) is 0 Å². The predicted octanol–water partition coefficient (Wildman–Crippen LogP) is 0.555. The van der Waals surface area contributed by atoms with Crippen molar-refractivity contribution in [2.75, 3.05) is 6.61 Å². The van der Waals surface area contributed by atoms with Crippen LogP contribution >= 0.6 is 0 Å². The van der Waals surface area contributed by atoms with Crippen LogP contribution in [0.1, 0.15) is 32.6 Å². The van der Waals surface area contributed by atoms with E-state index >= 15 is 0 Å². The average Bonchev–Trinajstić information content (AvgIpc) is 2.33. The maximum Gasteiger partial charge on any atom is 0.332 e. The van der Waals surface area contributed by atoms with Crippen LogP contribution in [-0.4, -0.2) is 34.9 Å². The largest absolute Gasteiger partial charge is 0.479 e. The van der Waals surface area contributed by atoms with E-state index in [1.165, 1.54) is 6.92 Å². The lowest BCUT2D eigenvalue weighted by Crippen LogP contribution is -2.13. The third kappa shape index (κ3) is 7.54. The lowest BCUT2D eigenvalue weighted by molar-refractivity contribution is -0.145. The molecule has 1 saturated heterocycles. The van der Waals surface area contributed by atoms with E-state index in [0.29, 0.717) is 13.0 Å². The summed E-state index contributed by atoms with van der Waals surface area (Å²) < 4.78 is 4.76. The number of aliphatic carboxylic acids is 1. The minimum absolute atomic E-state index is 0.0255. The molecule has 1 aliphatic rings. The Labute approximate surface area is 82.7 Å². The molecule has 1 fully saturated rings. The molecule has 0 radical (unpaired) electrons. The molecule has 5 nitrogen and oxygen atoms in total. The normalized spacial score (nSPS) is 18.3. The summed E-state index contributed by atoms with van der Waals surface area (Å²) >= 11 is 0. The number of ether oxygens (including phenoxy) is 1. The van der Waals surface area contributed by atoms with Gasteiger partial charge in [-0.25, -0.2) is 4.79 Å². The van der Waals surface area contributed by atoms with E-state index in [4.69, 9.17) is 14.9 Å². The number of carboxylic acid groups (broad SMARTS) is 1. The van der Waals surface area contributed by atoms with Crippen LogP contribution in [0.15, 0.2) is 0 Å². The maximum absolute atomic E-state index is 10.5. The number of aliphatic hydroxyl groups is 1. The van der Waals surface area contributed by atoms with Crippen molar-refractivity contribution in [2.24, 2.45) is 0 Å². The molecule has 0 aliphatic carbocycles. The van der Waals surface area contributed by atoms with Gasteiger partial charge in [-0.3, -0.25) is 4.79 Å². The number of carboxylic acids is 1. The van der Waals surface area contributed by atoms with Gasteiger partial charge in [0.15, 0.2) is 0 Å². The highest BCUT2D eigenvalue weighted by Crippen LogP contribution is 2.06. The molecule has 0 amide bonds. The van der Waals surface area contributed by atoms with Gasteiger partial charge < -0.3 is 14.9 Å². The molecule has 5 heteroatoms. The van der Waals surface area contributed by atoms with Crippen LogP contribution in [0.2, 0.25) is 0 Å². The van der Waals surface area contributed by atoms with Gasteiger partial charge in [0.2, 0.25) is 0 Å². The number of carbonyl (C=O) groups excluding carboxylic acids is 1.